The molecule has 5 heteroatoms. The second kappa shape index (κ2) is 3.94. The summed E-state index contributed by atoms with van der Waals surface area (Å²) < 4.78 is 1.85. The zero-order chi connectivity index (χ0) is 9.97. The monoisotopic (exact) mass is 211 g/mol. The number of halogens is 1. The van der Waals surface area contributed by atoms with Crippen molar-refractivity contribution in [1.82, 2.24) is 14.6 Å². The predicted octanol–water partition coefficient (Wildman–Crippen LogP) is 1.31. The highest BCUT2D eigenvalue weighted by Crippen LogP contribution is 2.11. The van der Waals surface area contributed by atoms with Gasteiger partial charge in [-0.2, -0.15) is 0 Å². The number of hydrogen-bond acceptors (Lipinski definition) is 3. The lowest BCUT2D eigenvalue weighted by Gasteiger charge is -1.98. The fourth-order valence-corrected chi connectivity index (χ4v) is 1.48. The first-order valence-corrected chi connectivity index (χ1v) is 4.79. The third-order valence-electron chi connectivity index (χ3n) is 2.00. The van der Waals surface area contributed by atoms with E-state index in [9.17, 15) is 0 Å². The molecule has 0 aromatic carbocycles. The van der Waals surface area contributed by atoms with E-state index < -0.39 is 0 Å². The van der Waals surface area contributed by atoms with E-state index in [1.807, 2.05) is 10.5 Å². The Kier molecular flexibility index (Phi) is 2.65. The lowest BCUT2D eigenvalue weighted by molar-refractivity contribution is 0.287. The van der Waals surface area contributed by atoms with E-state index in [2.05, 4.69) is 10.2 Å². The number of rotatable bonds is 3. The van der Waals surface area contributed by atoms with E-state index in [0.717, 1.165) is 11.5 Å². The third-order valence-corrected chi connectivity index (χ3v) is 2.22. The second-order valence-electron chi connectivity index (χ2n) is 3.02. The highest BCUT2D eigenvalue weighted by atomic mass is 35.5. The Morgan fingerprint density at radius 1 is 1.36 bits per heavy atom. The first-order chi connectivity index (χ1) is 6.81. The zero-order valence-electron chi connectivity index (χ0n) is 7.52. The smallest absolute Gasteiger partial charge is 0.160 e. The highest BCUT2D eigenvalue weighted by molar-refractivity contribution is 6.30. The van der Waals surface area contributed by atoms with Crippen molar-refractivity contribution >= 4 is 17.2 Å². The van der Waals surface area contributed by atoms with Crippen molar-refractivity contribution in [2.45, 2.75) is 12.8 Å². The van der Waals surface area contributed by atoms with Crippen LogP contribution in [-0.4, -0.2) is 26.3 Å². The normalized spacial score (nSPS) is 11.0. The number of aliphatic hydroxyl groups excluding tert-OH is 1. The molecule has 0 aliphatic carbocycles. The van der Waals surface area contributed by atoms with E-state index in [-0.39, 0.29) is 6.61 Å². The summed E-state index contributed by atoms with van der Waals surface area (Å²) in [6, 6.07) is 3.60. The summed E-state index contributed by atoms with van der Waals surface area (Å²) >= 11 is 5.86. The standard InChI is InChI=1S/C9H10ClN3O/c10-7-3-4-9-12-11-8(2-1-5-14)13(9)6-7/h3-4,6,14H,1-2,5H2. The summed E-state index contributed by atoms with van der Waals surface area (Å²) in [4.78, 5) is 0. The number of pyridine rings is 1. The van der Waals surface area contributed by atoms with Gasteiger partial charge in [0.2, 0.25) is 0 Å². The van der Waals surface area contributed by atoms with E-state index in [1.165, 1.54) is 0 Å². The average molecular weight is 212 g/mol. The van der Waals surface area contributed by atoms with Gasteiger partial charge in [-0.3, -0.25) is 4.40 Å². The van der Waals surface area contributed by atoms with Crippen molar-refractivity contribution in [2.75, 3.05) is 6.61 Å². The number of aromatic nitrogens is 3. The summed E-state index contributed by atoms with van der Waals surface area (Å²) in [5, 5.41) is 17.4. The topological polar surface area (TPSA) is 50.4 Å². The molecule has 2 aromatic rings. The Morgan fingerprint density at radius 3 is 3.00 bits per heavy atom. The SMILES string of the molecule is OCCCc1nnc2ccc(Cl)cn12. The van der Waals surface area contributed by atoms with Gasteiger partial charge < -0.3 is 5.11 Å². The lowest BCUT2D eigenvalue weighted by atomic mass is 10.3. The van der Waals surface area contributed by atoms with Crippen molar-refractivity contribution in [3.8, 4) is 0 Å². The highest BCUT2D eigenvalue weighted by Gasteiger charge is 2.04. The molecule has 2 heterocycles. The molecule has 0 aliphatic heterocycles. The minimum absolute atomic E-state index is 0.162. The van der Waals surface area contributed by atoms with Gasteiger partial charge in [-0.1, -0.05) is 11.6 Å². The molecule has 1 N–H and O–H groups in total. The molecule has 14 heavy (non-hydrogen) atoms. The summed E-state index contributed by atoms with van der Waals surface area (Å²) in [5.74, 6) is 0.830. The molecule has 0 amide bonds. The summed E-state index contributed by atoms with van der Waals surface area (Å²) in [6.45, 7) is 0.162. The first-order valence-electron chi connectivity index (χ1n) is 4.41. The van der Waals surface area contributed by atoms with Crippen LogP contribution in [0.1, 0.15) is 12.2 Å². The maximum absolute atomic E-state index is 8.71. The van der Waals surface area contributed by atoms with Crippen molar-refractivity contribution in [3.63, 3.8) is 0 Å². The van der Waals surface area contributed by atoms with E-state index in [0.29, 0.717) is 17.9 Å². The van der Waals surface area contributed by atoms with Crippen LogP contribution in [0.5, 0.6) is 0 Å². The molecule has 0 spiro atoms. The zero-order valence-corrected chi connectivity index (χ0v) is 8.28. The number of aryl methyl sites for hydroxylation is 1. The Labute approximate surface area is 86.1 Å². The Balaban J connectivity index is 2.40. The van der Waals surface area contributed by atoms with Crippen LogP contribution < -0.4 is 0 Å². The lowest BCUT2D eigenvalue weighted by Crippen LogP contribution is -1.96. The van der Waals surface area contributed by atoms with Gasteiger partial charge in [0.15, 0.2) is 5.65 Å². The molecule has 0 atom stereocenters. The Bertz CT molecular complexity index is 441. The van der Waals surface area contributed by atoms with E-state index >= 15 is 0 Å². The molecule has 0 unspecified atom stereocenters. The molecule has 4 nitrogen and oxygen atoms in total. The fourth-order valence-electron chi connectivity index (χ4n) is 1.32. The fraction of sp³-hybridized carbons (Fsp3) is 0.333. The van der Waals surface area contributed by atoms with Crippen LogP contribution in [0, 0.1) is 0 Å². The molecule has 0 saturated heterocycles. The minimum Gasteiger partial charge on any atom is -0.396 e. The van der Waals surface area contributed by atoms with Crippen LogP contribution in [0.15, 0.2) is 18.3 Å². The van der Waals surface area contributed by atoms with Crippen LogP contribution in [0.3, 0.4) is 0 Å². The molecule has 0 fully saturated rings. The van der Waals surface area contributed by atoms with Gasteiger partial charge in [0.1, 0.15) is 5.82 Å². The maximum Gasteiger partial charge on any atom is 0.160 e. The van der Waals surface area contributed by atoms with Gasteiger partial charge >= 0.3 is 0 Å². The van der Waals surface area contributed by atoms with Crippen molar-refractivity contribution in [1.29, 1.82) is 0 Å². The molecule has 0 radical (unpaired) electrons. The number of fused-ring (bicyclic) bond motifs is 1. The van der Waals surface area contributed by atoms with Crippen LogP contribution >= 0.6 is 11.6 Å². The van der Waals surface area contributed by atoms with Crippen LogP contribution in [0.25, 0.3) is 5.65 Å². The number of hydrogen-bond donors (Lipinski definition) is 1. The summed E-state index contributed by atoms with van der Waals surface area (Å²) in [6.07, 6.45) is 3.18. The average Bonchev–Trinajstić information content (AvgIpc) is 2.57. The van der Waals surface area contributed by atoms with E-state index in [4.69, 9.17) is 16.7 Å². The molecule has 74 valence electrons. The van der Waals surface area contributed by atoms with Crippen LogP contribution in [0.2, 0.25) is 5.02 Å². The molecule has 0 saturated carbocycles. The summed E-state index contributed by atoms with van der Waals surface area (Å²) in [7, 11) is 0. The second-order valence-corrected chi connectivity index (χ2v) is 3.46. The third kappa shape index (κ3) is 1.71. The van der Waals surface area contributed by atoms with Gasteiger partial charge in [0, 0.05) is 19.2 Å². The number of aliphatic hydroxyl groups is 1. The predicted molar refractivity (Wildman–Crippen MR) is 53.4 cm³/mol. The van der Waals surface area contributed by atoms with Gasteiger partial charge in [0.05, 0.1) is 5.02 Å². The van der Waals surface area contributed by atoms with Gasteiger partial charge in [-0.05, 0) is 18.6 Å². The first kappa shape index (κ1) is 9.43. The minimum atomic E-state index is 0.162. The molecule has 2 aromatic heterocycles. The largest absolute Gasteiger partial charge is 0.396 e. The van der Waals surface area contributed by atoms with E-state index in [1.54, 1.807) is 12.3 Å². The van der Waals surface area contributed by atoms with Crippen LogP contribution in [-0.2, 0) is 6.42 Å². The van der Waals surface area contributed by atoms with Crippen molar-refractivity contribution in [2.24, 2.45) is 0 Å². The molecule has 0 aliphatic rings. The van der Waals surface area contributed by atoms with Gasteiger partial charge in [-0.25, -0.2) is 0 Å². The summed E-state index contributed by atoms with van der Waals surface area (Å²) in [5.41, 5.74) is 0.780. The molecular weight excluding hydrogens is 202 g/mol. The van der Waals surface area contributed by atoms with Crippen molar-refractivity contribution < 1.29 is 5.11 Å². The van der Waals surface area contributed by atoms with Gasteiger partial charge in [-0.15, -0.1) is 10.2 Å². The molecular formula is C9H10ClN3O. The Hall–Kier alpha value is -1.13. The maximum atomic E-state index is 8.71. The quantitative estimate of drug-likeness (QED) is 0.833. The van der Waals surface area contributed by atoms with Crippen LogP contribution in [0.4, 0.5) is 0 Å². The number of nitrogens with zero attached hydrogens (tertiary/aromatic N) is 3. The molecule has 0 bridgehead atoms. The van der Waals surface area contributed by atoms with Gasteiger partial charge in [0.25, 0.3) is 0 Å². The Morgan fingerprint density at radius 2 is 2.21 bits per heavy atom. The van der Waals surface area contributed by atoms with Crippen molar-refractivity contribution in [3.05, 3.63) is 29.2 Å². The molecule has 2 rings (SSSR count).